The van der Waals surface area contributed by atoms with Gasteiger partial charge in [0.05, 0.1) is 6.42 Å². The van der Waals surface area contributed by atoms with Crippen molar-refractivity contribution in [1.82, 2.24) is 4.98 Å². The van der Waals surface area contributed by atoms with Gasteiger partial charge in [-0.2, -0.15) is 0 Å². The Kier molecular flexibility index (Phi) is 5.54. The summed E-state index contributed by atoms with van der Waals surface area (Å²) in [6.45, 7) is -0.435. The minimum absolute atomic E-state index is 0.343. The molecule has 1 heterocycles. The summed E-state index contributed by atoms with van der Waals surface area (Å²) in [4.78, 5) is 15.2. The minimum Gasteiger partial charge on any atom is -0.481 e. The van der Waals surface area contributed by atoms with E-state index >= 15 is 0 Å². The fraction of sp³-hybridized carbons (Fsp3) is 0.111. The number of oxazole rings is 1. The van der Waals surface area contributed by atoms with Gasteiger partial charge in [-0.3, -0.25) is 0 Å². The van der Waals surface area contributed by atoms with E-state index in [1.165, 1.54) is 6.26 Å². The molecule has 5 nitrogen and oxygen atoms in total. The molecule has 0 unspecified atom stereocenters. The van der Waals surface area contributed by atoms with Gasteiger partial charge in [0.25, 0.3) is 0 Å². The summed E-state index contributed by atoms with van der Waals surface area (Å²) < 4.78 is 10.9. The van der Waals surface area contributed by atoms with Gasteiger partial charge in [-0.25, -0.2) is 9.78 Å². The van der Waals surface area contributed by atoms with Crippen LogP contribution in [0.5, 0.6) is 5.75 Å². The highest BCUT2D eigenvalue weighted by atomic mass is 35.5. The molecular formula is C18H14BCl2NO4. The number of hydrogen-bond acceptors (Lipinski definition) is 4. The number of rotatable bonds is 6. The molecule has 0 atom stereocenters. The molecule has 26 heavy (non-hydrogen) atoms. The first-order valence-electron chi connectivity index (χ1n) is 7.77. The first kappa shape index (κ1) is 18.4. The molecule has 0 spiro atoms. The Morgan fingerprint density at radius 2 is 1.96 bits per heavy atom. The lowest BCUT2D eigenvalue weighted by Gasteiger charge is -2.09. The maximum absolute atomic E-state index is 10.8. The zero-order chi connectivity index (χ0) is 18.7. The molecule has 0 aliphatic rings. The van der Waals surface area contributed by atoms with Crippen LogP contribution >= 0.6 is 23.2 Å². The average Bonchev–Trinajstić information content (AvgIpc) is 3.05. The molecule has 0 amide bonds. The maximum atomic E-state index is 10.8. The molecule has 1 N–H and O–H groups in total. The summed E-state index contributed by atoms with van der Waals surface area (Å²) in [5.41, 5.74) is 2.93. The number of aliphatic carboxylic acids is 1. The van der Waals surface area contributed by atoms with Gasteiger partial charge in [-0.05, 0) is 23.8 Å². The Labute approximate surface area is 160 Å². The highest BCUT2D eigenvalue weighted by molar-refractivity contribution is 6.36. The number of benzene rings is 2. The molecule has 0 aliphatic heterocycles. The summed E-state index contributed by atoms with van der Waals surface area (Å²) in [7, 11) is 1.93. The summed E-state index contributed by atoms with van der Waals surface area (Å²) in [6, 6.07) is 10.7. The molecule has 3 rings (SSSR count). The van der Waals surface area contributed by atoms with Gasteiger partial charge in [0.2, 0.25) is 0 Å². The number of carbonyl (C=O) groups is 1. The second-order valence-electron chi connectivity index (χ2n) is 5.69. The van der Waals surface area contributed by atoms with Gasteiger partial charge < -0.3 is 14.3 Å². The summed E-state index contributed by atoms with van der Waals surface area (Å²) in [5, 5.41) is 9.91. The lowest BCUT2D eigenvalue weighted by atomic mass is 9.93. The van der Waals surface area contributed by atoms with Crippen molar-refractivity contribution in [2.75, 3.05) is 6.61 Å². The molecule has 132 valence electrons. The Morgan fingerprint density at radius 3 is 2.65 bits per heavy atom. The quantitative estimate of drug-likeness (QED) is 0.656. The van der Waals surface area contributed by atoms with E-state index in [0.717, 1.165) is 11.0 Å². The molecule has 3 aromatic rings. The normalized spacial score (nSPS) is 10.7. The minimum atomic E-state index is -1.05. The number of ether oxygens (including phenoxy) is 1. The molecule has 0 saturated carbocycles. The lowest BCUT2D eigenvalue weighted by molar-refractivity contribution is -0.139. The van der Waals surface area contributed by atoms with Crippen LogP contribution in [0, 0.1) is 0 Å². The van der Waals surface area contributed by atoms with Crippen molar-refractivity contribution in [2.45, 2.75) is 6.42 Å². The molecular weight excluding hydrogens is 376 g/mol. The number of nitrogens with zero attached hydrogens (tertiary/aromatic N) is 1. The molecule has 2 aromatic carbocycles. The van der Waals surface area contributed by atoms with Crippen molar-refractivity contribution in [3.05, 3.63) is 64.2 Å². The molecule has 0 bridgehead atoms. The Morgan fingerprint density at radius 1 is 1.23 bits per heavy atom. The molecule has 1 aromatic heterocycles. The van der Waals surface area contributed by atoms with E-state index in [9.17, 15) is 4.79 Å². The first-order chi connectivity index (χ1) is 12.4. The van der Waals surface area contributed by atoms with E-state index in [0.29, 0.717) is 39.4 Å². The molecule has 0 radical (unpaired) electrons. The van der Waals surface area contributed by atoms with E-state index in [2.05, 4.69) is 4.98 Å². The highest BCUT2D eigenvalue weighted by Crippen LogP contribution is 2.31. The molecule has 0 saturated heterocycles. The summed E-state index contributed by atoms with van der Waals surface area (Å²) in [6.07, 6.45) is 1.85. The van der Waals surface area contributed by atoms with Crippen LogP contribution < -0.4 is 10.2 Å². The van der Waals surface area contributed by atoms with E-state index in [1.54, 1.807) is 24.3 Å². The summed E-state index contributed by atoms with van der Waals surface area (Å²) >= 11 is 12.4. The van der Waals surface area contributed by atoms with Crippen molar-refractivity contribution in [3.8, 4) is 17.0 Å². The first-order valence-corrected chi connectivity index (χ1v) is 8.52. The second kappa shape index (κ2) is 7.85. The average molecular weight is 390 g/mol. The fourth-order valence-electron chi connectivity index (χ4n) is 2.48. The third-order valence-corrected chi connectivity index (χ3v) is 4.41. The number of halogens is 2. The highest BCUT2D eigenvalue weighted by Gasteiger charge is 2.15. The monoisotopic (exact) mass is 389 g/mol. The predicted octanol–water partition coefficient (Wildman–Crippen LogP) is 2.96. The Hall–Kier alpha value is -2.44. The van der Waals surface area contributed by atoms with Crippen LogP contribution in [-0.4, -0.2) is 30.5 Å². The van der Waals surface area contributed by atoms with Crippen LogP contribution in [0.4, 0.5) is 0 Å². The number of hydrogen-bond donors (Lipinski definition) is 1. The second-order valence-corrected chi connectivity index (χ2v) is 6.50. The fourth-order valence-corrected chi connectivity index (χ4v) is 3.01. The van der Waals surface area contributed by atoms with Gasteiger partial charge in [0.15, 0.2) is 12.5 Å². The topological polar surface area (TPSA) is 72.6 Å². The van der Waals surface area contributed by atoms with Crippen molar-refractivity contribution in [1.29, 1.82) is 0 Å². The Bertz CT molecular complexity index is 938. The van der Waals surface area contributed by atoms with Crippen molar-refractivity contribution in [2.24, 2.45) is 0 Å². The third kappa shape index (κ3) is 4.21. The van der Waals surface area contributed by atoms with Crippen LogP contribution in [-0.2, 0) is 11.2 Å². The van der Waals surface area contributed by atoms with Gasteiger partial charge in [0.1, 0.15) is 25.6 Å². The van der Waals surface area contributed by atoms with Gasteiger partial charge in [-0.1, -0.05) is 46.9 Å². The summed E-state index contributed by atoms with van der Waals surface area (Å²) in [5.74, 6) is -0.181. The van der Waals surface area contributed by atoms with Gasteiger partial charge >= 0.3 is 5.97 Å². The third-order valence-electron chi connectivity index (χ3n) is 3.70. The van der Waals surface area contributed by atoms with Crippen LogP contribution in [0.15, 0.2) is 47.1 Å². The standard InChI is InChI=1S/C18H14BCl2NO4/c19-10-4-5-16(25-9-18(23)24)12(6-10)15-8-26-17(22-15)7-11-13(20)2-1-3-14(11)21/h1-6,8H,7,9,19H2,(H,23,24). The lowest BCUT2D eigenvalue weighted by Crippen LogP contribution is -2.11. The van der Waals surface area contributed by atoms with Crippen molar-refractivity contribution < 1.29 is 19.1 Å². The van der Waals surface area contributed by atoms with Crippen molar-refractivity contribution >= 4 is 42.5 Å². The smallest absolute Gasteiger partial charge is 0.341 e. The van der Waals surface area contributed by atoms with Crippen LogP contribution in [0.2, 0.25) is 10.0 Å². The molecule has 0 aliphatic carbocycles. The zero-order valence-electron chi connectivity index (χ0n) is 13.8. The number of carboxylic acid groups (broad SMARTS) is 1. The number of carboxylic acids is 1. The molecule has 8 heteroatoms. The van der Waals surface area contributed by atoms with Gasteiger partial charge in [0, 0.05) is 15.6 Å². The predicted molar refractivity (Wildman–Crippen MR) is 103 cm³/mol. The zero-order valence-corrected chi connectivity index (χ0v) is 15.3. The van der Waals surface area contributed by atoms with E-state index in [-0.39, 0.29) is 0 Å². The van der Waals surface area contributed by atoms with E-state index < -0.39 is 12.6 Å². The van der Waals surface area contributed by atoms with Crippen molar-refractivity contribution in [3.63, 3.8) is 0 Å². The van der Waals surface area contributed by atoms with Crippen LogP contribution in [0.25, 0.3) is 11.3 Å². The maximum Gasteiger partial charge on any atom is 0.341 e. The van der Waals surface area contributed by atoms with E-state index in [1.807, 2.05) is 20.0 Å². The number of aromatic nitrogens is 1. The van der Waals surface area contributed by atoms with Gasteiger partial charge in [-0.15, -0.1) is 0 Å². The molecule has 0 fully saturated rings. The SMILES string of the molecule is Bc1ccc(OCC(=O)O)c(-c2coc(Cc3c(Cl)cccc3Cl)n2)c1. The van der Waals surface area contributed by atoms with Crippen LogP contribution in [0.1, 0.15) is 11.5 Å². The van der Waals surface area contributed by atoms with E-state index in [4.69, 9.17) is 37.5 Å². The van der Waals surface area contributed by atoms with Crippen LogP contribution in [0.3, 0.4) is 0 Å². The largest absolute Gasteiger partial charge is 0.481 e. The Balaban J connectivity index is 1.90.